The Morgan fingerprint density at radius 2 is 1.50 bits per heavy atom. The zero-order valence-corrected chi connectivity index (χ0v) is 22.9. The summed E-state index contributed by atoms with van der Waals surface area (Å²) in [5.41, 5.74) is 4.41. The number of halogens is 1. The van der Waals surface area contributed by atoms with Gasteiger partial charge in [0, 0.05) is 15.6 Å². The van der Waals surface area contributed by atoms with Gasteiger partial charge < -0.3 is 29.0 Å². The predicted octanol–water partition coefficient (Wildman–Crippen LogP) is 4.52. The number of ether oxygens (including phenoxy) is 2. The summed E-state index contributed by atoms with van der Waals surface area (Å²) < 4.78 is 24.3. The van der Waals surface area contributed by atoms with Gasteiger partial charge in [-0.25, -0.2) is 0 Å². The highest BCUT2D eigenvalue weighted by atomic mass is 79.9. The van der Waals surface area contributed by atoms with Crippen molar-refractivity contribution in [2.45, 2.75) is 66.5 Å². The molecule has 0 radical (unpaired) electrons. The molecule has 2 aliphatic heterocycles. The number of rotatable bonds is 4. The zero-order valence-electron chi connectivity index (χ0n) is 21.3. The van der Waals surface area contributed by atoms with E-state index in [1.807, 2.05) is 25.1 Å². The van der Waals surface area contributed by atoms with Crippen molar-refractivity contribution in [1.29, 1.82) is 0 Å². The molecule has 2 aromatic carbocycles. The van der Waals surface area contributed by atoms with E-state index in [-0.39, 0.29) is 45.3 Å². The molecule has 0 atom stereocenters. The third kappa shape index (κ3) is 8.48. The third-order valence-corrected chi connectivity index (χ3v) is 7.00. The van der Waals surface area contributed by atoms with Crippen molar-refractivity contribution in [2.24, 2.45) is 0 Å². The Hall–Kier alpha value is -1.59. The third-order valence-electron chi connectivity index (χ3n) is 6.11. The number of benzene rings is 2. The molecule has 0 unspecified atom stereocenters. The second-order valence-corrected chi connectivity index (χ2v) is 10.2. The van der Waals surface area contributed by atoms with Crippen LogP contribution in [0, 0.1) is 13.8 Å². The normalized spacial score (nSPS) is 17.9. The Morgan fingerprint density at radius 1 is 0.944 bits per heavy atom. The van der Waals surface area contributed by atoms with Crippen LogP contribution < -0.4 is 5.46 Å². The standard InChI is InChI=1S/C16H23BO4.C8H7BrO.C2H6O2.CH4/c1-11-10-12(14-18-8-9-19-14)6-7-13(11)17-20-15(2,3)16(4,5)21-17;1-6-4-7(5-10)2-3-8(6)9;3-1-2-4;/h6-7,10,14H,8-9H2,1-5H3;2-5H,1H3;3-4H,1-2H2;1H4. The van der Waals surface area contributed by atoms with Gasteiger partial charge in [0.15, 0.2) is 6.29 Å². The van der Waals surface area contributed by atoms with E-state index in [0.717, 1.165) is 38.5 Å². The van der Waals surface area contributed by atoms with Crippen molar-refractivity contribution in [2.75, 3.05) is 26.4 Å². The van der Waals surface area contributed by atoms with Crippen molar-refractivity contribution in [1.82, 2.24) is 0 Å². The molecule has 0 aliphatic carbocycles. The largest absolute Gasteiger partial charge is 0.495 e. The number of aliphatic hydroxyl groups is 2. The first kappa shape index (κ1) is 32.4. The van der Waals surface area contributed by atoms with E-state index in [4.69, 9.17) is 29.0 Å². The van der Waals surface area contributed by atoms with E-state index in [0.29, 0.717) is 13.2 Å². The summed E-state index contributed by atoms with van der Waals surface area (Å²) in [6.45, 7) is 13.4. The second-order valence-electron chi connectivity index (χ2n) is 9.35. The number of carbonyl (C=O) groups excluding carboxylic acids is 1. The number of hydrogen-bond acceptors (Lipinski definition) is 7. The van der Waals surface area contributed by atoms with E-state index >= 15 is 0 Å². The van der Waals surface area contributed by atoms with Gasteiger partial charge >= 0.3 is 7.12 Å². The molecule has 0 aromatic heterocycles. The number of aryl methyl sites for hydroxylation is 2. The molecule has 2 N–H and O–H groups in total. The lowest BCUT2D eigenvalue weighted by molar-refractivity contribution is -0.0441. The molecular formula is C27H40BBrO7. The Balaban J connectivity index is 0.000000362. The molecule has 4 rings (SSSR count). The van der Waals surface area contributed by atoms with Crippen LogP contribution in [0.5, 0.6) is 0 Å². The Kier molecular flexibility index (Phi) is 13.0. The van der Waals surface area contributed by atoms with Gasteiger partial charge in [0.25, 0.3) is 0 Å². The van der Waals surface area contributed by atoms with Crippen LogP contribution in [0.15, 0.2) is 40.9 Å². The van der Waals surface area contributed by atoms with Crippen LogP contribution >= 0.6 is 15.9 Å². The van der Waals surface area contributed by atoms with Crippen LogP contribution in [-0.2, 0) is 18.8 Å². The monoisotopic (exact) mass is 566 g/mol. The fraction of sp³-hybridized carbons (Fsp3) is 0.519. The summed E-state index contributed by atoms with van der Waals surface area (Å²) >= 11 is 3.34. The summed E-state index contributed by atoms with van der Waals surface area (Å²) in [6, 6.07) is 11.7. The minimum Gasteiger partial charge on any atom is -0.399 e. The lowest BCUT2D eigenvalue weighted by Gasteiger charge is -2.32. The van der Waals surface area contributed by atoms with Crippen LogP contribution in [0.25, 0.3) is 0 Å². The number of aldehydes is 1. The summed E-state index contributed by atoms with van der Waals surface area (Å²) in [7, 11) is -0.325. The molecule has 36 heavy (non-hydrogen) atoms. The number of hydrogen-bond donors (Lipinski definition) is 2. The molecule has 200 valence electrons. The van der Waals surface area contributed by atoms with E-state index in [1.54, 1.807) is 6.07 Å². The van der Waals surface area contributed by atoms with Gasteiger partial charge in [0.2, 0.25) is 0 Å². The van der Waals surface area contributed by atoms with Gasteiger partial charge in [-0.1, -0.05) is 53.2 Å². The minimum atomic E-state index is -0.325. The van der Waals surface area contributed by atoms with E-state index in [9.17, 15) is 4.79 Å². The van der Waals surface area contributed by atoms with Gasteiger partial charge in [0.05, 0.1) is 37.6 Å². The molecule has 0 amide bonds. The summed E-state index contributed by atoms with van der Waals surface area (Å²) in [5.74, 6) is 0. The van der Waals surface area contributed by atoms with Crippen molar-refractivity contribution in [3.05, 3.63) is 63.1 Å². The zero-order chi connectivity index (χ0) is 26.2. The average Bonchev–Trinajstić information content (AvgIpc) is 3.42. The fourth-order valence-corrected chi connectivity index (χ4v) is 3.62. The molecule has 2 aliphatic rings. The van der Waals surface area contributed by atoms with Crippen LogP contribution in [0.3, 0.4) is 0 Å². The van der Waals surface area contributed by atoms with Crippen molar-refractivity contribution >= 4 is 34.8 Å². The van der Waals surface area contributed by atoms with Crippen molar-refractivity contribution in [3.8, 4) is 0 Å². The molecule has 2 aromatic rings. The molecule has 0 spiro atoms. The first-order valence-corrected chi connectivity index (χ1v) is 12.4. The minimum absolute atomic E-state index is 0. The van der Waals surface area contributed by atoms with E-state index < -0.39 is 0 Å². The lowest BCUT2D eigenvalue weighted by atomic mass is 9.76. The molecule has 9 heteroatoms. The Labute approximate surface area is 224 Å². The maximum Gasteiger partial charge on any atom is 0.495 e. The summed E-state index contributed by atoms with van der Waals surface area (Å²) in [6.07, 6.45) is 0.607. The molecule has 7 nitrogen and oxygen atoms in total. The highest BCUT2D eigenvalue weighted by Gasteiger charge is 2.52. The number of carbonyl (C=O) groups is 1. The predicted molar refractivity (Wildman–Crippen MR) is 147 cm³/mol. The van der Waals surface area contributed by atoms with Gasteiger partial charge in [-0.2, -0.15) is 0 Å². The van der Waals surface area contributed by atoms with Crippen LogP contribution in [0.1, 0.15) is 68.5 Å². The fourth-order valence-electron chi connectivity index (χ4n) is 3.37. The SMILES string of the molecule is C.Cc1cc(C2OCCO2)ccc1B1OC(C)(C)C(C)(C)O1.Cc1cc(C=O)ccc1Br.OCCO. The Bertz CT molecular complexity index is 957. The quantitative estimate of drug-likeness (QED) is 0.415. The van der Waals surface area contributed by atoms with Crippen LogP contribution in [0.2, 0.25) is 0 Å². The topological polar surface area (TPSA) is 94.5 Å². The average molecular weight is 567 g/mol. The Morgan fingerprint density at radius 3 is 1.94 bits per heavy atom. The summed E-state index contributed by atoms with van der Waals surface area (Å²) in [4.78, 5) is 10.3. The maximum absolute atomic E-state index is 10.3. The maximum atomic E-state index is 10.3. The van der Waals surface area contributed by atoms with E-state index in [1.165, 1.54) is 0 Å². The molecular weight excluding hydrogens is 527 g/mol. The number of aliphatic hydroxyl groups excluding tert-OH is 2. The van der Waals surface area contributed by atoms with Gasteiger partial charge in [0.1, 0.15) is 6.29 Å². The first-order valence-electron chi connectivity index (χ1n) is 11.6. The van der Waals surface area contributed by atoms with Gasteiger partial charge in [-0.3, -0.25) is 4.79 Å². The lowest BCUT2D eigenvalue weighted by Crippen LogP contribution is -2.41. The van der Waals surface area contributed by atoms with Crippen molar-refractivity contribution < 1.29 is 33.8 Å². The molecule has 2 saturated heterocycles. The smallest absolute Gasteiger partial charge is 0.399 e. The highest BCUT2D eigenvalue weighted by molar-refractivity contribution is 9.10. The van der Waals surface area contributed by atoms with Crippen LogP contribution in [-0.4, -0.2) is 61.2 Å². The highest BCUT2D eigenvalue weighted by Crippen LogP contribution is 2.37. The van der Waals surface area contributed by atoms with Crippen LogP contribution in [0.4, 0.5) is 0 Å². The van der Waals surface area contributed by atoms with E-state index in [2.05, 4.69) is 62.7 Å². The molecule has 2 fully saturated rings. The molecule has 2 heterocycles. The second kappa shape index (κ2) is 14.4. The first-order chi connectivity index (χ1) is 16.5. The van der Waals surface area contributed by atoms with Crippen molar-refractivity contribution in [3.63, 3.8) is 0 Å². The summed E-state index contributed by atoms with van der Waals surface area (Å²) in [5, 5.41) is 15.2. The van der Waals surface area contributed by atoms with Gasteiger partial charge in [-0.15, -0.1) is 0 Å². The van der Waals surface area contributed by atoms with Gasteiger partial charge in [-0.05, 0) is 64.7 Å². The molecule has 0 saturated carbocycles. The molecule has 0 bridgehead atoms.